The van der Waals surface area contributed by atoms with Crippen molar-refractivity contribution in [2.45, 2.75) is 45.3 Å². The predicted octanol–water partition coefficient (Wildman–Crippen LogP) is 10.2. The predicted molar refractivity (Wildman–Crippen MR) is 497 cm³/mol. The second-order valence-electron chi connectivity index (χ2n) is 30.3. The van der Waals surface area contributed by atoms with Crippen LogP contribution in [0.15, 0.2) is 221 Å². The van der Waals surface area contributed by atoms with E-state index < -0.39 is 40.1 Å². The van der Waals surface area contributed by atoms with Crippen molar-refractivity contribution in [2.24, 2.45) is 0 Å². The van der Waals surface area contributed by atoms with Crippen molar-refractivity contribution < 1.29 is 111 Å². The Kier molecular flexibility index (Phi) is 31.6. The highest BCUT2D eigenvalue weighted by atomic mass is 32.2. The number of amides is 2. The monoisotopic (exact) mass is 1880 g/mol. The number of ether oxygens (including phenoxy) is 6. The number of hydrogen-bond donors (Lipinski definition) is 7. The van der Waals surface area contributed by atoms with Crippen LogP contribution in [0.4, 0.5) is 17.1 Å². The highest BCUT2D eigenvalue weighted by Gasteiger charge is 2.32. The van der Waals surface area contributed by atoms with E-state index in [1.165, 1.54) is 46.4 Å². The fourth-order valence-electron chi connectivity index (χ4n) is 15.6. The summed E-state index contributed by atoms with van der Waals surface area (Å²) in [6, 6.07) is 37.1. The maximum absolute atomic E-state index is 13.8. The van der Waals surface area contributed by atoms with Gasteiger partial charge in [0, 0.05) is 147 Å². The minimum Gasteiger partial charge on any atom is -0.497 e. The molecule has 12 aromatic rings. The van der Waals surface area contributed by atoms with Gasteiger partial charge in [-0.1, -0.05) is 24.3 Å². The number of carbonyl (C=O) groups is 6. The summed E-state index contributed by atoms with van der Waals surface area (Å²) < 4.78 is 146. The van der Waals surface area contributed by atoms with Gasteiger partial charge in [-0.2, -0.15) is 0 Å². The largest absolute Gasteiger partial charge is 0.497 e. The number of nitrogens with one attached hydrogen (secondary N) is 3. The van der Waals surface area contributed by atoms with Crippen molar-refractivity contribution in [3.8, 4) is 34.5 Å². The van der Waals surface area contributed by atoms with Crippen molar-refractivity contribution >= 4 is 161 Å². The molecule has 0 aliphatic carbocycles. The Labute approximate surface area is 760 Å². The molecule has 0 saturated carbocycles. The molecule has 6 aromatic carbocycles. The lowest BCUT2D eigenvalue weighted by Crippen LogP contribution is -2.29. The van der Waals surface area contributed by atoms with Gasteiger partial charge in [0.25, 0.3) is 77.8 Å². The molecule has 0 unspecified atom stereocenters. The Balaban J connectivity index is 0.000000153. The Morgan fingerprint density at radius 3 is 1.28 bits per heavy atom. The van der Waals surface area contributed by atoms with Crippen molar-refractivity contribution in [1.29, 1.82) is 0 Å². The van der Waals surface area contributed by atoms with Crippen molar-refractivity contribution in [3.05, 3.63) is 223 Å². The molecule has 37 nitrogen and oxygen atoms in total. The third kappa shape index (κ3) is 21.4. The molecule has 0 saturated heterocycles. The fraction of sp³-hybridized carbons (Fsp3) is 0.253. The molecule has 132 heavy (non-hydrogen) atoms. The Morgan fingerprint density at radius 1 is 0.417 bits per heavy atom. The number of hydrogen-bond acceptors (Lipinski definition) is 27. The number of anilines is 3. The molecular formula is C91H97N13O24S4. The Morgan fingerprint density at radius 2 is 0.833 bits per heavy atom. The number of likely N-dealkylation sites (N-methyl/N-ethyl adjacent to an activating group) is 4. The van der Waals surface area contributed by atoms with Crippen LogP contribution in [-0.4, -0.2) is 261 Å². The molecule has 6 aromatic heterocycles. The van der Waals surface area contributed by atoms with E-state index in [0.717, 1.165) is 151 Å². The number of benzene rings is 6. The first-order valence-electron chi connectivity index (χ1n) is 40.9. The average Bonchev–Trinajstić information content (AvgIpc) is 1.60. The van der Waals surface area contributed by atoms with Crippen molar-refractivity contribution in [1.82, 2.24) is 45.9 Å². The maximum Gasteiger partial charge on any atom is 0.290 e. The van der Waals surface area contributed by atoms with Crippen molar-refractivity contribution in [2.75, 3.05) is 144 Å². The number of nitrogens with zero attached hydrogens (tertiary/aromatic N) is 10. The quantitative estimate of drug-likeness (QED) is 0.0469. The smallest absolute Gasteiger partial charge is 0.290 e. The van der Waals surface area contributed by atoms with E-state index in [0.29, 0.717) is 80.1 Å². The zero-order valence-corrected chi connectivity index (χ0v) is 76.0. The number of fused-ring (bicyclic) bond motifs is 7. The topological polar surface area (TPSA) is 470 Å². The third-order valence-electron chi connectivity index (χ3n) is 22.2. The highest BCUT2D eigenvalue weighted by molar-refractivity contribution is 7.91. The second-order valence-corrected chi connectivity index (χ2v) is 37.6. The Bertz CT molecular complexity index is 6920. The summed E-state index contributed by atoms with van der Waals surface area (Å²) in [6.07, 6.45) is 23.3. The molecule has 41 heteroatoms. The zero-order valence-electron chi connectivity index (χ0n) is 72.7. The van der Waals surface area contributed by atoms with Crippen LogP contribution >= 0.6 is 0 Å². The lowest BCUT2D eigenvalue weighted by atomic mass is 9.99. The lowest BCUT2D eigenvalue weighted by molar-refractivity contribution is -0.123. The first-order valence-corrected chi connectivity index (χ1v) is 46.6. The average molecular weight is 1890 g/mol. The number of carboxylic acid groups (broad SMARTS) is 4. The number of pyridine rings is 2. The van der Waals surface area contributed by atoms with E-state index >= 15 is 0 Å². The Hall–Kier alpha value is -14.2. The van der Waals surface area contributed by atoms with Crippen molar-refractivity contribution in [3.63, 3.8) is 0 Å². The molecule has 0 spiro atoms. The normalized spacial score (nSPS) is 15.5. The molecule has 13 heterocycles. The summed E-state index contributed by atoms with van der Waals surface area (Å²) >= 11 is 0. The van der Waals surface area contributed by atoms with Gasteiger partial charge in [0.2, 0.25) is 0 Å². The maximum atomic E-state index is 13.8. The van der Waals surface area contributed by atoms with Gasteiger partial charge in [0.15, 0.2) is 13.2 Å². The molecule has 7 aliphatic heterocycles. The van der Waals surface area contributed by atoms with Gasteiger partial charge in [-0.05, 0) is 197 Å². The first-order chi connectivity index (χ1) is 63.4. The van der Waals surface area contributed by atoms with Gasteiger partial charge < -0.3 is 84.4 Å². The van der Waals surface area contributed by atoms with Gasteiger partial charge in [-0.25, -0.2) is 49.6 Å². The standard InChI is InChI=1S/C24H27N3O4S.C23H23N3O5S.C20H18N4O4S.C20H21N3O3S.4CH2O2/c1-25-10-8-17(9-11-25)21-16-27(22-6-4-18(30-3)14-20(21)22)32(28,29)19-5-7-23-24(15-19)31-13-12-26(23)2;1-25-9-7-15(8-10-25)19-13-26(21-6-3-16(30-2)11-18(19)21)32(28,29)17-4-5-20-22(12-17)31-14-23(27)24-20;25-19-12-28-18-4-3-14(10-16(18)23-19)29(26,27)24-11-15(13-5-8-21-9-6-13)20-17(24)2-1-7-22-20;1-22-10-7-15(8-11-22)19-14-23(20-6-5-16(26-2)12-18(19)20)27(24,25)17-4-3-9-21-13-17;4*2-1-3/h4-8,14-16H,9-13H2,1-3H3;3-7,11-13H,8-10,14H2,1-2H3,(H,24,27);1-5,7,10-11,21H,6,8-9,12H2,(H,23,25);3-7,9,12-14H,8,10-11H2,1-2H3;4*1H,(H,2,3). The van der Waals surface area contributed by atoms with Crippen LogP contribution in [-0.2, 0) is 68.9 Å². The summed E-state index contributed by atoms with van der Waals surface area (Å²) in [5.74, 6) is 2.86. The summed E-state index contributed by atoms with van der Waals surface area (Å²) in [7, 11) is -2.37. The van der Waals surface area contributed by atoms with Crippen LogP contribution in [0.2, 0.25) is 0 Å². The summed E-state index contributed by atoms with van der Waals surface area (Å²) in [6.45, 7) is 6.95. The minimum absolute atomic E-state index is 0.0636. The first kappa shape index (κ1) is 96.9. The van der Waals surface area contributed by atoms with E-state index in [1.54, 1.807) is 137 Å². The van der Waals surface area contributed by atoms with Gasteiger partial charge in [-0.3, -0.25) is 38.7 Å². The third-order valence-corrected chi connectivity index (χ3v) is 28.9. The molecular weight excluding hydrogens is 1790 g/mol. The van der Waals surface area contributed by atoms with E-state index in [9.17, 15) is 43.3 Å². The fourth-order valence-corrected chi connectivity index (χ4v) is 21.0. The molecule has 0 radical (unpaired) electrons. The second kappa shape index (κ2) is 43.0. The number of carbonyl (C=O) groups excluding carboxylic acids is 2. The lowest BCUT2D eigenvalue weighted by Gasteiger charge is -2.27. The highest BCUT2D eigenvalue weighted by Crippen LogP contribution is 2.43. The van der Waals surface area contributed by atoms with Crippen LogP contribution in [0.1, 0.15) is 47.9 Å². The SMILES string of the molecule is COc1ccc2c(c1)c(C1=CCN(C)CC1)cn2S(=O)(=O)c1ccc2c(c1)OCC(=O)N2.COc1ccc2c(c1)c(C1=CCN(C)CC1)cn2S(=O)(=O)c1ccc2c(c1)OCCN2C.COc1ccc2c(c1)c(C1=CCN(C)CC1)cn2S(=O)(=O)c1cccnc1.O=C1COc2ccc(S(=O)(=O)n3cc(C4=CCNCC4)c4ncccc43)cc2N1.O=CO.O=CO.O=CO.O=CO. The van der Waals surface area contributed by atoms with E-state index in [4.69, 9.17) is 68.0 Å². The molecule has 2 amide bonds. The van der Waals surface area contributed by atoms with E-state index in [1.807, 2.05) is 37.4 Å². The summed E-state index contributed by atoms with van der Waals surface area (Å²) in [4.78, 5) is 74.3. The number of rotatable bonds is 15. The van der Waals surface area contributed by atoms with E-state index in [2.05, 4.69) is 91.0 Å². The molecule has 0 fully saturated rings. The van der Waals surface area contributed by atoms with Crippen LogP contribution in [0.25, 0.3) is 66.0 Å². The molecule has 0 bridgehead atoms. The van der Waals surface area contributed by atoms with Crippen LogP contribution in [0.5, 0.6) is 34.5 Å². The number of aromatic nitrogens is 6. The van der Waals surface area contributed by atoms with Gasteiger partial charge >= 0.3 is 0 Å². The molecule has 0 atom stereocenters. The van der Waals surface area contributed by atoms with Gasteiger partial charge in [0.1, 0.15) is 46.0 Å². The van der Waals surface area contributed by atoms with E-state index in [-0.39, 0.29) is 70.5 Å². The van der Waals surface area contributed by atoms with Gasteiger partial charge in [-0.15, -0.1) is 0 Å². The number of methoxy groups -OCH3 is 3. The molecule has 19 rings (SSSR count). The van der Waals surface area contributed by atoms with Crippen LogP contribution in [0, 0.1) is 0 Å². The molecule has 7 aliphatic rings. The molecule has 7 N–H and O–H groups in total. The van der Waals surface area contributed by atoms with Crippen LogP contribution in [0.3, 0.4) is 0 Å². The summed E-state index contributed by atoms with van der Waals surface area (Å²) in [5.41, 5.74) is 12.8. The van der Waals surface area contributed by atoms with Gasteiger partial charge in [0.05, 0.1) is 87.2 Å². The summed E-state index contributed by atoms with van der Waals surface area (Å²) in [5, 5.41) is 38.7. The minimum atomic E-state index is -3.92. The van der Waals surface area contributed by atoms with Crippen LogP contribution < -0.4 is 49.3 Å². The zero-order chi connectivity index (χ0) is 94.8. The molecule has 694 valence electrons.